The molecule has 0 saturated carbocycles. The predicted molar refractivity (Wildman–Crippen MR) is 50.0 cm³/mol. The van der Waals surface area contributed by atoms with Crippen molar-refractivity contribution in [1.29, 1.82) is 0 Å². The molecule has 0 aromatic heterocycles. The van der Waals surface area contributed by atoms with Gasteiger partial charge in [0, 0.05) is 11.5 Å². The maximum atomic E-state index is 11.1. The number of carbonyl (C=O) groups is 1. The second kappa shape index (κ2) is 3.57. The maximum Gasteiger partial charge on any atom is 0.184 e. The third-order valence-corrected chi connectivity index (χ3v) is 1.46. The van der Waals surface area contributed by atoms with Crippen molar-refractivity contribution in [2.24, 2.45) is 5.41 Å². The number of hydrogen-bond acceptors (Lipinski definition) is 2. The van der Waals surface area contributed by atoms with Crippen LogP contribution in [0.2, 0.25) is 0 Å². The minimum Gasteiger partial charge on any atom is -0.512 e. The third kappa shape index (κ3) is 3.37. The summed E-state index contributed by atoms with van der Waals surface area (Å²) in [5.74, 6) is -0.127. The van der Waals surface area contributed by atoms with Crippen molar-refractivity contribution in [3.05, 3.63) is 24.0 Å². The molecule has 0 bridgehead atoms. The molecule has 0 fully saturated rings. The molecule has 68 valence electrons. The van der Waals surface area contributed by atoms with Crippen molar-refractivity contribution < 1.29 is 9.90 Å². The monoisotopic (exact) mass is 168 g/mol. The van der Waals surface area contributed by atoms with Gasteiger partial charge in [-0.05, 0) is 12.5 Å². The average Bonchev–Trinajstić information content (AvgIpc) is 1.85. The Morgan fingerprint density at radius 3 is 2.08 bits per heavy atom. The molecule has 0 spiro atoms. The number of aliphatic hydroxyl groups is 1. The fourth-order valence-corrected chi connectivity index (χ4v) is 0.464. The van der Waals surface area contributed by atoms with Crippen molar-refractivity contribution in [3.63, 3.8) is 0 Å². The molecule has 0 aromatic carbocycles. The van der Waals surface area contributed by atoms with Crippen LogP contribution < -0.4 is 0 Å². The van der Waals surface area contributed by atoms with E-state index in [9.17, 15) is 9.90 Å². The van der Waals surface area contributed by atoms with Crippen LogP contribution in [0, 0.1) is 5.41 Å². The lowest BCUT2D eigenvalue weighted by Crippen LogP contribution is -2.10. The third-order valence-electron chi connectivity index (χ3n) is 1.46. The SMILES string of the molecule is C=C(C)C(=O)/C=C(\O)C(C)(C)C. The van der Waals surface area contributed by atoms with Crippen molar-refractivity contribution >= 4 is 5.78 Å². The Labute approximate surface area is 73.6 Å². The molecule has 0 radical (unpaired) electrons. The molecule has 1 N–H and O–H groups in total. The minimum atomic E-state index is -0.370. The Hall–Kier alpha value is -1.05. The molecule has 0 unspecified atom stereocenters. The highest BCUT2D eigenvalue weighted by Gasteiger charge is 2.16. The van der Waals surface area contributed by atoms with E-state index in [-0.39, 0.29) is 17.0 Å². The van der Waals surface area contributed by atoms with Gasteiger partial charge in [0.05, 0.1) is 0 Å². The number of ketones is 1. The molecule has 12 heavy (non-hydrogen) atoms. The molecule has 2 heteroatoms. The Balaban J connectivity index is 4.59. The van der Waals surface area contributed by atoms with Gasteiger partial charge in [-0.3, -0.25) is 4.79 Å². The van der Waals surface area contributed by atoms with E-state index in [1.165, 1.54) is 6.08 Å². The number of allylic oxidation sites excluding steroid dienone is 3. The van der Waals surface area contributed by atoms with Gasteiger partial charge in [0.1, 0.15) is 5.76 Å². The Morgan fingerprint density at radius 2 is 1.83 bits per heavy atom. The van der Waals surface area contributed by atoms with Crippen molar-refractivity contribution in [2.45, 2.75) is 27.7 Å². The number of rotatable bonds is 2. The summed E-state index contributed by atoms with van der Waals surface area (Å²) in [6.07, 6.45) is 1.22. The van der Waals surface area contributed by atoms with E-state index in [0.29, 0.717) is 5.57 Å². The maximum absolute atomic E-state index is 11.1. The molecule has 0 rings (SSSR count). The first-order chi connectivity index (χ1) is 5.25. The van der Waals surface area contributed by atoms with Crippen LogP contribution in [0.4, 0.5) is 0 Å². The molecule has 0 heterocycles. The van der Waals surface area contributed by atoms with E-state index in [1.807, 2.05) is 20.8 Å². The molecule has 0 saturated heterocycles. The largest absolute Gasteiger partial charge is 0.512 e. The average molecular weight is 168 g/mol. The van der Waals surface area contributed by atoms with Crippen LogP contribution in [0.3, 0.4) is 0 Å². The van der Waals surface area contributed by atoms with Crippen molar-refractivity contribution in [3.8, 4) is 0 Å². The second-order valence-corrected chi connectivity index (χ2v) is 3.92. The van der Waals surface area contributed by atoms with Gasteiger partial charge in [0.2, 0.25) is 0 Å². The van der Waals surface area contributed by atoms with Crippen molar-refractivity contribution in [1.82, 2.24) is 0 Å². The standard InChI is InChI=1S/C10H16O2/c1-7(2)8(11)6-9(12)10(3,4)5/h6,12H,1H2,2-5H3/b9-6-. The molecule has 0 aromatic rings. The lowest BCUT2D eigenvalue weighted by molar-refractivity contribution is -0.111. The zero-order valence-corrected chi connectivity index (χ0v) is 8.14. The topological polar surface area (TPSA) is 37.3 Å². The quantitative estimate of drug-likeness (QED) is 0.508. The number of hydrogen-bond donors (Lipinski definition) is 1. The highest BCUT2D eigenvalue weighted by atomic mass is 16.3. The van der Waals surface area contributed by atoms with Crippen LogP contribution in [0.25, 0.3) is 0 Å². The van der Waals surface area contributed by atoms with Crippen LogP contribution in [0.1, 0.15) is 27.7 Å². The van der Waals surface area contributed by atoms with Crippen LogP contribution in [0.15, 0.2) is 24.0 Å². The summed E-state index contributed by atoms with van der Waals surface area (Å²) in [6.45, 7) is 10.6. The van der Waals surface area contributed by atoms with E-state index in [1.54, 1.807) is 6.92 Å². The number of carbonyl (C=O) groups excluding carboxylic acids is 1. The van der Waals surface area contributed by atoms with Crippen molar-refractivity contribution in [2.75, 3.05) is 0 Å². The smallest absolute Gasteiger partial charge is 0.184 e. The van der Waals surface area contributed by atoms with Gasteiger partial charge in [-0.1, -0.05) is 27.4 Å². The zero-order chi connectivity index (χ0) is 9.94. The summed E-state index contributed by atoms with van der Waals surface area (Å²) in [5.41, 5.74) is 0.0660. The Kier molecular flexibility index (Phi) is 3.25. The summed E-state index contributed by atoms with van der Waals surface area (Å²) < 4.78 is 0. The van der Waals surface area contributed by atoms with Gasteiger partial charge < -0.3 is 5.11 Å². The lowest BCUT2D eigenvalue weighted by Gasteiger charge is -2.16. The molecular weight excluding hydrogens is 152 g/mol. The molecule has 2 nitrogen and oxygen atoms in total. The zero-order valence-electron chi connectivity index (χ0n) is 8.14. The first-order valence-electron chi connectivity index (χ1n) is 3.86. The summed E-state index contributed by atoms with van der Waals surface area (Å²) in [5, 5.41) is 9.40. The summed E-state index contributed by atoms with van der Waals surface area (Å²) in [7, 11) is 0. The van der Waals surface area contributed by atoms with Crippen LogP contribution in [-0.4, -0.2) is 10.9 Å². The van der Waals surface area contributed by atoms with E-state index >= 15 is 0 Å². The normalized spacial score (nSPS) is 12.8. The minimum absolute atomic E-state index is 0.0931. The van der Waals surface area contributed by atoms with Gasteiger partial charge in [0.25, 0.3) is 0 Å². The molecule has 0 aliphatic heterocycles. The fourth-order valence-electron chi connectivity index (χ4n) is 0.464. The van der Waals surface area contributed by atoms with Gasteiger partial charge in [-0.25, -0.2) is 0 Å². The first kappa shape index (κ1) is 11.0. The summed E-state index contributed by atoms with van der Waals surface area (Å²) in [4.78, 5) is 11.1. The summed E-state index contributed by atoms with van der Waals surface area (Å²) >= 11 is 0. The Morgan fingerprint density at radius 1 is 1.42 bits per heavy atom. The van der Waals surface area contributed by atoms with E-state index in [2.05, 4.69) is 6.58 Å². The Bertz CT molecular complexity index is 229. The van der Waals surface area contributed by atoms with Gasteiger partial charge in [0.15, 0.2) is 5.78 Å². The van der Waals surface area contributed by atoms with Crippen LogP contribution in [-0.2, 0) is 4.79 Å². The second-order valence-electron chi connectivity index (χ2n) is 3.92. The molecule has 0 amide bonds. The predicted octanol–water partition coefficient (Wildman–Crippen LogP) is 2.62. The number of aliphatic hydroxyl groups excluding tert-OH is 1. The van der Waals surface area contributed by atoms with Gasteiger partial charge >= 0.3 is 0 Å². The highest BCUT2D eigenvalue weighted by molar-refractivity contribution is 6.03. The molecule has 0 atom stereocenters. The molecule has 0 aliphatic rings. The molecule has 0 aliphatic carbocycles. The lowest BCUT2D eigenvalue weighted by atomic mass is 9.93. The van der Waals surface area contributed by atoms with Crippen LogP contribution in [0.5, 0.6) is 0 Å². The van der Waals surface area contributed by atoms with E-state index < -0.39 is 0 Å². The molecular formula is C10H16O2. The van der Waals surface area contributed by atoms with Gasteiger partial charge in [-0.15, -0.1) is 0 Å². The van der Waals surface area contributed by atoms with E-state index in [0.717, 1.165) is 0 Å². The van der Waals surface area contributed by atoms with Gasteiger partial charge in [-0.2, -0.15) is 0 Å². The van der Waals surface area contributed by atoms with E-state index in [4.69, 9.17) is 0 Å². The van der Waals surface area contributed by atoms with Crippen LogP contribution >= 0.6 is 0 Å². The summed E-state index contributed by atoms with van der Waals surface area (Å²) in [6, 6.07) is 0. The first-order valence-corrected chi connectivity index (χ1v) is 3.86. The fraction of sp³-hybridized carbons (Fsp3) is 0.500. The highest BCUT2D eigenvalue weighted by Crippen LogP contribution is 2.22.